The van der Waals surface area contributed by atoms with Crippen LogP contribution in [0.5, 0.6) is 5.75 Å². The Morgan fingerprint density at radius 3 is 2.57 bits per heavy atom. The molecule has 122 valence electrons. The third-order valence-electron chi connectivity index (χ3n) is 4.40. The van der Waals surface area contributed by atoms with Crippen LogP contribution in [0.25, 0.3) is 0 Å². The summed E-state index contributed by atoms with van der Waals surface area (Å²) in [7, 11) is 1.69. The highest BCUT2D eigenvalue weighted by atomic mass is 35.5. The highest BCUT2D eigenvalue weighted by Crippen LogP contribution is 2.31. The van der Waals surface area contributed by atoms with Gasteiger partial charge in [-0.3, -0.25) is 0 Å². The Morgan fingerprint density at radius 2 is 1.91 bits per heavy atom. The number of nitrogens with two attached hydrogens (primary N) is 1. The summed E-state index contributed by atoms with van der Waals surface area (Å²) < 4.78 is 5.20. The number of hydrogen-bond acceptors (Lipinski definition) is 5. The van der Waals surface area contributed by atoms with Gasteiger partial charge in [-0.15, -0.1) is 0 Å². The van der Waals surface area contributed by atoms with E-state index < -0.39 is 0 Å². The number of piperidine rings is 1. The summed E-state index contributed by atoms with van der Waals surface area (Å²) in [6.07, 6.45) is 4.80. The van der Waals surface area contributed by atoms with Crippen molar-refractivity contribution >= 4 is 23.2 Å². The second kappa shape index (κ2) is 7.04. The summed E-state index contributed by atoms with van der Waals surface area (Å²) in [6, 6.07) is 8.34. The zero-order chi connectivity index (χ0) is 16.2. The van der Waals surface area contributed by atoms with Gasteiger partial charge in [0.1, 0.15) is 22.9 Å². The SMILES string of the molecule is COc1ccc(CC2CCN(c3ncnc(N)c3Cl)CC2)cc1. The number of benzene rings is 1. The van der Waals surface area contributed by atoms with Gasteiger partial charge in [0, 0.05) is 13.1 Å². The summed E-state index contributed by atoms with van der Waals surface area (Å²) in [5, 5.41) is 0.459. The third-order valence-corrected chi connectivity index (χ3v) is 4.76. The molecule has 23 heavy (non-hydrogen) atoms. The molecule has 1 aromatic carbocycles. The molecule has 0 amide bonds. The number of ether oxygens (including phenoxy) is 1. The van der Waals surface area contributed by atoms with Gasteiger partial charge in [0.05, 0.1) is 7.11 Å². The molecule has 0 spiro atoms. The molecule has 0 unspecified atom stereocenters. The molecule has 1 saturated heterocycles. The molecule has 1 aromatic heterocycles. The van der Waals surface area contributed by atoms with E-state index in [2.05, 4.69) is 27.0 Å². The molecular formula is C17H21ClN4O. The predicted octanol–water partition coefficient (Wildman–Crippen LogP) is 3.18. The molecular weight excluding hydrogens is 312 g/mol. The Labute approximate surface area is 141 Å². The van der Waals surface area contributed by atoms with Crippen molar-refractivity contribution in [1.82, 2.24) is 9.97 Å². The highest BCUT2D eigenvalue weighted by Gasteiger charge is 2.22. The average Bonchev–Trinajstić information content (AvgIpc) is 2.59. The maximum atomic E-state index is 6.22. The van der Waals surface area contributed by atoms with Gasteiger partial charge in [-0.1, -0.05) is 23.7 Å². The quantitative estimate of drug-likeness (QED) is 0.931. The van der Waals surface area contributed by atoms with E-state index in [4.69, 9.17) is 22.1 Å². The number of nitrogens with zero attached hydrogens (tertiary/aromatic N) is 3. The minimum atomic E-state index is 0.344. The van der Waals surface area contributed by atoms with Gasteiger partial charge in [-0.25, -0.2) is 9.97 Å². The fourth-order valence-corrected chi connectivity index (χ4v) is 3.26. The standard InChI is InChI=1S/C17H21ClN4O/c1-23-14-4-2-12(3-5-14)10-13-6-8-22(9-7-13)17-15(18)16(19)20-11-21-17/h2-5,11,13H,6-10H2,1H3,(H2,19,20,21). The van der Waals surface area contributed by atoms with Crippen LogP contribution in [0.4, 0.5) is 11.6 Å². The van der Waals surface area contributed by atoms with E-state index in [-0.39, 0.29) is 0 Å². The van der Waals surface area contributed by atoms with Crippen molar-refractivity contribution in [2.45, 2.75) is 19.3 Å². The number of nitrogen functional groups attached to an aromatic ring is 1. The molecule has 0 saturated carbocycles. The molecule has 2 N–H and O–H groups in total. The first-order chi connectivity index (χ1) is 11.2. The number of anilines is 2. The Morgan fingerprint density at radius 1 is 1.22 bits per heavy atom. The molecule has 0 radical (unpaired) electrons. The van der Waals surface area contributed by atoms with Crippen LogP contribution in [0, 0.1) is 5.92 Å². The van der Waals surface area contributed by atoms with Gasteiger partial charge in [0.2, 0.25) is 0 Å². The molecule has 2 aromatic rings. The predicted molar refractivity (Wildman–Crippen MR) is 93.1 cm³/mol. The fraction of sp³-hybridized carbons (Fsp3) is 0.412. The van der Waals surface area contributed by atoms with Crippen LogP contribution in [0.1, 0.15) is 18.4 Å². The molecule has 2 heterocycles. The normalized spacial score (nSPS) is 15.7. The summed E-state index contributed by atoms with van der Waals surface area (Å²) in [5.41, 5.74) is 7.12. The van der Waals surface area contributed by atoms with Gasteiger partial charge in [-0.05, 0) is 42.9 Å². The lowest BCUT2D eigenvalue weighted by atomic mass is 9.90. The summed E-state index contributed by atoms with van der Waals surface area (Å²) in [6.45, 7) is 1.88. The van der Waals surface area contributed by atoms with Crippen molar-refractivity contribution in [1.29, 1.82) is 0 Å². The molecule has 1 aliphatic rings. The van der Waals surface area contributed by atoms with Crippen LogP contribution in [0.2, 0.25) is 5.02 Å². The van der Waals surface area contributed by atoms with Crippen molar-refractivity contribution in [3.63, 3.8) is 0 Å². The third kappa shape index (κ3) is 3.67. The number of methoxy groups -OCH3 is 1. The fourth-order valence-electron chi connectivity index (χ4n) is 3.04. The summed E-state index contributed by atoms with van der Waals surface area (Å²) in [4.78, 5) is 10.4. The van der Waals surface area contributed by atoms with Gasteiger partial charge in [0.15, 0.2) is 5.82 Å². The number of rotatable bonds is 4. The van der Waals surface area contributed by atoms with E-state index in [9.17, 15) is 0 Å². The van der Waals surface area contributed by atoms with Crippen LogP contribution in [-0.4, -0.2) is 30.2 Å². The second-order valence-electron chi connectivity index (χ2n) is 5.88. The number of aromatic nitrogens is 2. The lowest BCUT2D eigenvalue weighted by Gasteiger charge is -2.33. The minimum Gasteiger partial charge on any atom is -0.497 e. The molecule has 1 fully saturated rings. The first kappa shape index (κ1) is 15.9. The largest absolute Gasteiger partial charge is 0.497 e. The highest BCUT2D eigenvalue weighted by molar-refractivity contribution is 6.35. The molecule has 5 nitrogen and oxygen atoms in total. The minimum absolute atomic E-state index is 0.344. The molecule has 0 aliphatic carbocycles. The number of halogens is 1. The lowest BCUT2D eigenvalue weighted by molar-refractivity contribution is 0.400. The van der Waals surface area contributed by atoms with E-state index in [1.54, 1.807) is 7.11 Å². The number of hydrogen-bond donors (Lipinski definition) is 1. The molecule has 0 atom stereocenters. The van der Waals surface area contributed by atoms with Gasteiger partial charge in [-0.2, -0.15) is 0 Å². The first-order valence-corrected chi connectivity index (χ1v) is 8.19. The van der Waals surface area contributed by atoms with Crippen LogP contribution in [0.15, 0.2) is 30.6 Å². The first-order valence-electron chi connectivity index (χ1n) is 7.81. The average molecular weight is 333 g/mol. The molecule has 1 aliphatic heterocycles. The maximum absolute atomic E-state index is 6.22. The molecule has 3 rings (SSSR count). The molecule has 6 heteroatoms. The van der Waals surface area contributed by atoms with Crippen LogP contribution in [0.3, 0.4) is 0 Å². The van der Waals surface area contributed by atoms with Crippen molar-refractivity contribution in [3.8, 4) is 5.75 Å². The van der Waals surface area contributed by atoms with Crippen LogP contribution in [-0.2, 0) is 6.42 Å². The summed E-state index contributed by atoms with van der Waals surface area (Å²) >= 11 is 6.22. The lowest BCUT2D eigenvalue weighted by Crippen LogP contribution is -2.35. The van der Waals surface area contributed by atoms with Crippen LogP contribution >= 0.6 is 11.6 Å². The smallest absolute Gasteiger partial charge is 0.153 e. The second-order valence-corrected chi connectivity index (χ2v) is 6.26. The van der Waals surface area contributed by atoms with E-state index in [1.807, 2.05) is 12.1 Å². The Balaban J connectivity index is 1.58. The summed E-state index contributed by atoms with van der Waals surface area (Å²) in [5.74, 6) is 2.68. The van der Waals surface area contributed by atoms with Gasteiger partial charge in [0.25, 0.3) is 0 Å². The van der Waals surface area contributed by atoms with Gasteiger partial charge >= 0.3 is 0 Å². The van der Waals surface area contributed by atoms with Crippen molar-refractivity contribution in [2.24, 2.45) is 5.92 Å². The van der Waals surface area contributed by atoms with Crippen LogP contribution < -0.4 is 15.4 Å². The van der Waals surface area contributed by atoms with Gasteiger partial charge < -0.3 is 15.4 Å². The van der Waals surface area contributed by atoms with E-state index in [1.165, 1.54) is 11.9 Å². The Kier molecular flexibility index (Phi) is 4.86. The van der Waals surface area contributed by atoms with E-state index in [0.717, 1.165) is 43.9 Å². The van der Waals surface area contributed by atoms with Crippen molar-refractivity contribution in [2.75, 3.05) is 30.8 Å². The Hall–Kier alpha value is -2.01. The Bertz CT molecular complexity index is 654. The monoisotopic (exact) mass is 332 g/mol. The molecule has 0 bridgehead atoms. The maximum Gasteiger partial charge on any atom is 0.153 e. The van der Waals surface area contributed by atoms with Crippen molar-refractivity contribution in [3.05, 3.63) is 41.2 Å². The van der Waals surface area contributed by atoms with E-state index >= 15 is 0 Å². The topological polar surface area (TPSA) is 64.3 Å². The zero-order valence-electron chi connectivity index (χ0n) is 13.2. The van der Waals surface area contributed by atoms with E-state index in [0.29, 0.717) is 16.8 Å². The van der Waals surface area contributed by atoms with Crippen molar-refractivity contribution < 1.29 is 4.74 Å². The zero-order valence-corrected chi connectivity index (χ0v) is 14.0.